The van der Waals surface area contributed by atoms with Crippen LogP contribution >= 0.6 is 0 Å². The lowest BCUT2D eigenvalue weighted by Crippen LogP contribution is -2.03. The van der Waals surface area contributed by atoms with Gasteiger partial charge in [0.1, 0.15) is 5.82 Å². The number of benzene rings is 1. The van der Waals surface area contributed by atoms with E-state index in [0.717, 1.165) is 23.5 Å². The molecule has 0 aliphatic heterocycles. The van der Waals surface area contributed by atoms with Gasteiger partial charge in [-0.1, -0.05) is 25.1 Å². The van der Waals surface area contributed by atoms with E-state index in [1.807, 2.05) is 38.1 Å². The van der Waals surface area contributed by atoms with Gasteiger partial charge >= 0.3 is 0 Å². The highest BCUT2D eigenvalue weighted by atomic mass is 16.1. The Morgan fingerprint density at radius 2 is 2.12 bits per heavy atom. The van der Waals surface area contributed by atoms with Crippen molar-refractivity contribution in [2.45, 2.75) is 20.3 Å². The van der Waals surface area contributed by atoms with Crippen LogP contribution in [0.15, 0.2) is 24.3 Å². The number of carbonyl (C=O) groups excluding carboxylic acids is 1. The van der Waals surface area contributed by atoms with E-state index >= 15 is 0 Å². The highest BCUT2D eigenvalue weighted by Crippen LogP contribution is 2.14. The molecule has 82 valence electrons. The zero-order valence-corrected chi connectivity index (χ0v) is 9.34. The number of nitrogens with zero attached hydrogens (tertiary/aromatic N) is 3. The van der Waals surface area contributed by atoms with Crippen LogP contribution < -0.4 is 0 Å². The van der Waals surface area contributed by atoms with Crippen molar-refractivity contribution in [3.05, 3.63) is 41.5 Å². The second-order valence-corrected chi connectivity index (χ2v) is 3.56. The Hall–Kier alpha value is -1.97. The summed E-state index contributed by atoms with van der Waals surface area (Å²) >= 11 is 0. The first-order chi connectivity index (χ1) is 7.76. The Morgan fingerprint density at radius 1 is 1.38 bits per heavy atom. The van der Waals surface area contributed by atoms with Crippen molar-refractivity contribution in [1.82, 2.24) is 14.8 Å². The fraction of sp³-hybridized carbons (Fsp3) is 0.250. The van der Waals surface area contributed by atoms with Gasteiger partial charge in [0.25, 0.3) is 0 Å². The van der Waals surface area contributed by atoms with E-state index < -0.39 is 0 Å². The maximum Gasteiger partial charge on any atom is 0.214 e. The van der Waals surface area contributed by atoms with Gasteiger partial charge < -0.3 is 0 Å². The monoisotopic (exact) mass is 215 g/mol. The molecule has 0 N–H and O–H groups in total. The van der Waals surface area contributed by atoms with Crippen LogP contribution in [-0.4, -0.2) is 21.1 Å². The zero-order valence-electron chi connectivity index (χ0n) is 9.34. The highest BCUT2D eigenvalue weighted by molar-refractivity contribution is 5.68. The maximum absolute atomic E-state index is 10.7. The van der Waals surface area contributed by atoms with Crippen molar-refractivity contribution >= 4 is 6.29 Å². The fourth-order valence-corrected chi connectivity index (χ4v) is 1.63. The lowest BCUT2D eigenvalue weighted by atomic mass is 10.2. The minimum absolute atomic E-state index is 0.236. The summed E-state index contributed by atoms with van der Waals surface area (Å²) in [4.78, 5) is 14.8. The van der Waals surface area contributed by atoms with E-state index in [1.54, 1.807) is 4.68 Å². The molecule has 0 unspecified atom stereocenters. The van der Waals surface area contributed by atoms with Gasteiger partial charge in [-0.05, 0) is 18.6 Å². The number of hydrogen-bond donors (Lipinski definition) is 0. The van der Waals surface area contributed by atoms with Gasteiger partial charge in [0.05, 0.1) is 5.69 Å². The maximum atomic E-state index is 10.7. The summed E-state index contributed by atoms with van der Waals surface area (Å²) in [5.41, 5.74) is 2.08. The topological polar surface area (TPSA) is 47.8 Å². The van der Waals surface area contributed by atoms with E-state index in [9.17, 15) is 4.79 Å². The standard InChI is InChI=1S/C12H13N3O/c1-3-12-13-11(8-16)14-15(12)10-7-5-4-6-9(10)2/h4-8H,3H2,1-2H3. The van der Waals surface area contributed by atoms with E-state index in [-0.39, 0.29) is 5.82 Å². The Balaban J connectivity index is 2.59. The molecular weight excluding hydrogens is 202 g/mol. The molecule has 1 aromatic carbocycles. The Morgan fingerprint density at radius 3 is 2.75 bits per heavy atom. The molecule has 0 spiro atoms. The smallest absolute Gasteiger partial charge is 0.214 e. The molecule has 0 aliphatic carbocycles. The van der Waals surface area contributed by atoms with Gasteiger partial charge in [0, 0.05) is 6.42 Å². The van der Waals surface area contributed by atoms with Gasteiger partial charge in [-0.25, -0.2) is 9.67 Å². The predicted molar refractivity (Wildman–Crippen MR) is 60.9 cm³/mol. The fourth-order valence-electron chi connectivity index (χ4n) is 1.63. The molecule has 2 rings (SSSR count). The number of aryl methyl sites for hydroxylation is 2. The van der Waals surface area contributed by atoms with Gasteiger partial charge in [-0.3, -0.25) is 4.79 Å². The molecule has 0 aliphatic rings. The van der Waals surface area contributed by atoms with Crippen LogP contribution in [-0.2, 0) is 6.42 Å². The van der Waals surface area contributed by atoms with Crippen molar-refractivity contribution in [3.8, 4) is 5.69 Å². The molecule has 2 aromatic rings. The quantitative estimate of drug-likeness (QED) is 0.735. The SMILES string of the molecule is CCc1nc(C=O)nn1-c1ccccc1C. The van der Waals surface area contributed by atoms with Crippen molar-refractivity contribution < 1.29 is 4.79 Å². The Bertz CT molecular complexity index is 517. The number of para-hydroxylation sites is 1. The summed E-state index contributed by atoms with van der Waals surface area (Å²) in [7, 11) is 0. The Kier molecular flexibility index (Phi) is 2.81. The molecule has 16 heavy (non-hydrogen) atoms. The minimum Gasteiger partial charge on any atom is -0.294 e. The normalized spacial score (nSPS) is 10.4. The summed E-state index contributed by atoms with van der Waals surface area (Å²) in [6.07, 6.45) is 1.42. The molecule has 0 amide bonds. The summed E-state index contributed by atoms with van der Waals surface area (Å²) in [5, 5.41) is 4.17. The lowest BCUT2D eigenvalue weighted by molar-refractivity contribution is 0.111. The second kappa shape index (κ2) is 4.26. The van der Waals surface area contributed by atoms with E-state index in [4.69, 9.17) is 0 Å². The first-order valence-electron chi connectivity index (χ1n) is 5.23. The average Bonchev–Trinajstić information content (AvgIpc) is 2.72. The second-order valence-electron chi connectivity index (χ2n) is 3.56. The third kappa shape index (κ3) is 1.74. The summed E-state index contributed by atoms with van der Waals surface area (Å²) < 4.78 is 1.74. The van der Waals surface area contributed by atoms with Crippen LogP contribution in [0.4, 0.5) is 0 Å². The molecule has 0 saturated heterocycles. The lowest BCUT2D eigenvalue weighted by Gasteiger charge is -2.06. The third-order valence-electron chi connectivity index (χ3n) is 2.46. The Labute approximate surface area is 93.9 Å². The largest absolute Gasteiger partial charge is 0.294 e. The number of carbonyl (C=O) groups is 1. The summed E-state index contributed by atoms with van der Waals surface area (Å²) in [6.45, 7) is 4.00. The molecular formula is C12H13N3O. The van der Waals surface area contributed by atoms with E-state index in [2.05, 4.69) is 10.1 Å². The predicted octanol–water partition coefficient (Wildman–Crippen LogP) is 1.95. The van der Waals surface area contributed by atoms with Crippen LogP contribution in [0.2, 0.25) is 0 Å². The van der Waals surface area contributed by atoms with Crippen molar-refractivity contribution in [2.24, 2.45) is 0 Å². The van der Waals surface area contributed by atoms with Gasteiger partial charge in [-0.2, -0.15) is 0 Å². The van der Waals surface area contributed by atoms with Gasteiger partial charge in [-0.15, -0.1) is 5.10 Å². The van der Waals surface area contributed by atoms with Gasteiger partial charge in [0.2, 0.25) is 5.82 Å². The number of aldehydes is 1. The molecule has 0 fully saturated rings. The molecule has 0 bridgehead atoms. The van der Waals surface area contributed by atoms with Crippen LogP contribution in [0, 0.1) is 6.92 Å². The highest BCUT2D eigenvalue weighted by Gasteiger charge is 2.10. The molecule has 1 heterocycles. The molecule has 0 saturated carbocycles. The molecule has 4 nitrogen and oxygen atoms in total. The number of hydrogen-bond acceptors (Lipinski definition) is 3. The van der Waals surface area contributed by atoms with Crippen LogP contribution in [0.3, 0.4) is 0 Å². The average molecular weight is 215 g/mol. The molecule has 1 aromatic heterocycles. The van der Waals surface area contributed by atoms with Gasteiger partial charge in [0.15, 0.2) is 6.29 Å². The third-order valence-corrected chi connectivity index (χ3v) is 2.46. The van der Waals surface area contributed by atoms with Crippen LogP contribution in [0.1, 0.15) is 28.9 Å². The molecule has 0 radical (unpaired) electrons. The van der Waals surface area contributed by atoms with Crippen molar-refractivity contribution in [2.75, 3.05) is 0 Å². The first-order valence-corrected chi connectivity index (χ1v) is 5.23. The van der Waals surface area contributed by atoms with Crippen LogP contribution in [0.25, 0.3) is 5.69 Å². The summed E-state index contributed by atoms with van der Waals surface area (Å²) in [5.74, 6) is 1.04. The van der Waals surface area contributed by atoms with E-state index in [0.29, 0.717) is 6.29 Å². The van der Waals surface area contributed by atoms with E-state index in [1.165, 1.54) is 0 Å². The number of rotatable bonds is 3. The molecule has 4 heteroatoms. The zero-order chi connectivity index (χ0) is 11.5. The minimum atomic E-state index is 0.236. The summed E-state index contributed by atoms with van der Waals surface area (Å²) in [6, 6.07) is 7.90. The van der Waals surface area contributed by atoms with Crippen molar-refractivity contribution in [3.63, 3.8) is 0 Å². The molecule has 0 atom stereocenters. The first kappa shape index (κ1) is 10.5. The van der Waals surface area contributed by atoms with Crippen LogP contribution in [0.5, 0.6) is 0 Å². The number of aromatic nitrogens is 3. The van der Waals surface area contributed by atoms with Crippen molar-refractivity contribution in [1.29, 1.82) is 0 Å².